The van der Waals surface area contributed by atoms with Gasteiger partial charge in [-0.1, -0.05) is 18.2 Å². The average Bonchev–Trinajstić information content (AvgIpc) is 2.60. The number of urea groups is 1. The van der Waals surface area contributed by atoms with Crippen LogP contribution in [0.25, 0.3) is 0 Å². The van der Waals surface area contributed by atoms with E-state index in [1.54, 1.807) is 0 Å². The Bertz CT molecular complexity index is 997. The van der Waals surface area contributed by atoms with Gasteiger partial charge in [-0.2, -0.15) is 13.2 Å². The smallest absolute Gasteiger partial charge is 0.326 e. The van der Waals surface area contributed by atoms with Crippen LogP contribution >= 0.6 is 0 Å². The van der Waals surface area contributed by atoms with Crippen molar-refractivity contribution in [1.82, 2.24) is 10.6 Å². The zero-order valence-electron chi connectivity index (χ0n) is 14.8. The van der Waals surface area contributed by atoms with Crippen molar-refractivity contribution in [2.45, 2.75) is 19.1 Å². The second kappa shape index (κ2) is 7.53. The molecule has 1 atom stereocenters. The molecule has 1 heterocycles. The van der Waals surface area contributed by atoms with Gasteiger partial charge in [0.2, 0.25) is 0 Å². The maximum atomic E-state index is 14.3. The molecule has 152 valence electrons. The average molecular weight is 411 g/mol. The number of carbonyl (C=O) groups is 2. The number of rotatable bonds is 3. The lowest BCUT2D eigenvalue weighted by atomic mass is 9.93. The van der Waals surface area contributed by atoms with Crippen LogP contribution in [-0.2, 0) is 11.0 Å². The normalized spacial score (nSPS) is 16.9. The van der Waals surface area contributed by atoms with Crippen LogP contribution in [0, 0.1) is 11.6 Å². The molecule has 1 aliphatic rings. The van der Waals surface area contributed by atoms with Crippen LogP contribution in [0.2, 0.25) is 0 Å². The number of benzene rings is 2. The Balaban J connectivity index is 2.04. The maximum absolute atomic E-state index is 14.3. The molecule has 0 fully saturated rings. The third kappa shape index (κ3) is 4.05. The molecule has 0 saturated carbocycles. The minimum atomic E-state index is -4.73. The molecule has 2 aromatic rings. The molecule has 3 rings (SSSR count). The summed E-state index contributed by atoms with van der Waals surface area (Å²) < 4.78 is 68.1. The minimum absolute atomic E-state index is 0.0524. The largest absolute Gasteiger partial charge is 0.418 e. The van der Waals surface area contributed by atoms with E-state index in [-0.39, 0.29) is 11.3 Å². The van der Waals surface area contributed by atoms with Gasteiger partial charge in [0.05, 0.1) is 28.4 Å². The third-order valence-electron chi connectivity index (χ3n) is 4.28. The zero-order chi connectivity index (χ0) is 21.3. The molecule has 1 unspecified atom stereocenters. The number of alkyl halides is 3. The summed E-state index contributed by atoms with van der Waals surface area (Å²) in [5.74, 6) is -3.10. The first-order chi connectivity index (χ1) is 13.6. The van der Waals surface area contributed by atoms with Crippen molar-refractivity contribution in [3.8, 4) is 0 Å². The van der Waals surface area contributed by atoms with Crippen LogP contribution in [0.1, 0.15) is 24.1 Å². The summed E-state index contributed by atoms with van der Waals surface area (Å²) in [5, 5.41) is 6.63. The Morgan fingerprint density at radius 3 is 2.28 bits per heavy atom. The Morgan fingerprint density at radius 2 is 1.66 bits per heavy atom. The summed E-state index contributed by atoms with van der Waals surface area (Å²) >= 11 is 0. The highest BCUT2D eigenvalue weighted by molar-refractivity contribution is 6.07. The highest BCUT2D eigenvalue weighted by Gasteiger charge is 2.37. The quantitative estimate of drug-likeness (QED) is 0.661. The molecule has 2 aromatic carbocycles. The molecule has 3 N–H and O–H groups in total. The molecule has 0 radical (unpaired) electrons. The van der Waals surface area contributed by atoms with Gasteiger partial charge in [-0.25, -0.2) is 13.6 Å². The van der Waals surface area contributed by atoms with E-state index in [0.29, 0.717) is 0 Å². The number of anilines is 1. The fourth-order valence-corrected chi connectivity index (χ4v) is 3.03. The third-order valence-corrected chi connectivity index (χ3v) is 4.28. The second-order valence-corrected chi connectivity index (χ2v) is 6.20. The molecule has 29 heavy (non-hydrogen) atoms. The molecular weight excluding hydrogens is 397 g/mol. The summed E-state index contributed by atoms with van der Waals surface area (Å²) in [6.45, 7) is 1.30. The van der Waals surface area contributed by atoms with Gasteiger partial charge in [-0.05, 0) is 31.2 Å². The molecule has 5 nitrogen and oxygen atoms in total. The number of hydrogen-bond donors (Lipinski definition) is 3. The molecule has 0 spiro atoms. The number of hydrogen-bond acceptors (Lipinski definition) is 2. The Labute approximate surface area is 161 Å². The number of allylic oxidation sites excluding steroid dienone is 1. The van der Waals surface area contributed by atoms with E-state index in [1.165, 1.54) is 13.0 Å². The van der Waals surface area contributed by atoms with E-state index in [2.05, 4.69) is 16.0 Å². The van der Waals surface area contributed by atoms with E-state index < -0.39 is 52.6 Å². The van der Waals surface area contributed by atoms with Crippen molar-refractivity contribution in [2.75, 3.05) is 5.32 Å². The van der Waals surface area contributed by atoms with Crippen LogP contribution in [0.3, 0.4) is 0 Å². The Morgan fingerprint density at radius 1 is 1.03 bits per heavy atom. The van der Waals surface area contributed by atoms with E-state index in [0.717, 1.165) is 36.4 Å². The fourth-order valence-electron chi connectivity index (χ4n) is 3.03. The van der Waals surface area contributed by atoms with E-state index in [9.17, 15) is 31.5 Å². The van der Waals surface area contributed by atoms with Crippen LogP contribution in [0.5, 0.6) is 0 Å². The number of carbonyl (C=O) groups excluding carboxylic acids is 2. The lowest BCUT2D eigenvalue weighted by Crippen LogP contribution is -2.46. The van der Waals surface area contributed by atoms with Crippen LogP contribution in [0.4, 0.5) is 32.4 Å². The van der Waals surface area contributed by atoms with E-state index in [1.807, 2.05) is 0 Å². The van der Waals surface area contributed by atoms with E-state index >= 15 is 0 Å². The zero-order valence-corrected chi connectivity index (χ0v) is 14.8. The first-order valence-electron chi connectivity index (χ1n) is 8.29. The molecule has 1 aliphatic heterocycles. The van der Waals surface area contributed by atoms with Gasteiger partial charge in [0.1, 0.15) is 11.6 Å². The van der Waals surface area contributed by atoms with Crippen molar-refractivity contribution >= 4 is 17.6 Å². The first-order valence-corrected chi connectivity index (χ1v) is 8.29. The van der Waals surface area contributed by atoms with Crippen LogP contribution < -0.4 is 16.0 Å². The fraction of sp³-hybridized carbons (Fsp3) is 0.158. The molecule has 0 aliphatic carbocycles. The number of para-hydroxylation sites is 1. The van der Waals surface area contributed by atoms with Crippen molar-refractivity contribution < 1.29 is 31.5 Å². The van der Waals surface area contributed by atoms with Crippen LogP contribution in [-0.4, -0.2) is 11.9 Å². The highest BCUT2D eigenvalue weighted by atomic mass is 19.4. The topological polar surface area (TPSA) is 70.2 Å². The monoisotopic (exact) mass is 411 g/mol. The summed E-state index contributed by atoms with van der Waals surface area (Å²) in [6, 6.07) is 4.91. The Kier molecular flexibility index (Phi) is 5.27. The standard InChI is InChI=1S/C19H14F5N3O2/c1-9-14(17(28)26-13-8-3-2-5-10(13)19(22,23)24)16(27-18(29)25-9)15-11(20)6-4-7-12(15)21/h2-8,16H,1H3,(H,26,28)(H2,25,27,29). The Hall–Kier alpha value is -3.43. The molecule has 0 aromatic heterocycles. The predicted molar refractivity (Wildman–Crippen MR) is 93.5 cm³/mol. The maximum Gasteiger partial charge on any atom is 0.418 e. The molecule has 10 heteroatoms. The minimum Gasteiger partial charge on any atom is -0.326 e. The summed E-state index contributed by atoms with van der Waals surface area (Å²) in [6.07, 6.45) is -4.73. The van der Waals surface area contributed by atoms with Crippen molar-refractivity contribution in [3.63, 3.8) is 0 Å². The molecule has 0 bridgehead atoms. The van der Waals surface area contributed by atoms with Gasteiger partial charge in [0.15, 0.2) is 0 Å². The van der Waals surface area contributed by atoms with Gasteiger partial charge in [0.25, 0.3) is 5.91 Å². The molecule has 0 saturated heterocycles. The van der Waals surface area contributed by atoms with Gasteiger partial charge < -0.3 is 16.0 Å². The lowest BCUT2D eigenvalue weighted by molar-refractivity contribution is -0.137. The summed E-state index contributed by atoms with van der Waals surface area (Å²) in [4.78, 5) is 24.6. The first kappa shape index (κ1) is 20.3. The molecular formula is C19H14F5N3O2. The molecule has 3 amide bonds. The van der Waals surface area contributed by atoms with Gasteiger partial charge >= 0.3 is 12.2 Å². The van der Waals surface area contributed by atoms with Gasteiger partial charge in [-0.15, -0.1) is 0 Å². The summed E-state index contributed by atoms with van der Waals surface area (Å²) in [7, 11) is 0. The van der Waals surface area contributed by atoms with Crippen molar-refractivity contribution in [1.29, 1.82) is 0 Å². The highest BCUT2D eigenvalue weighted by Crippen LogP contribution is 2.36. The van der Waals surface area contributed by atoms with E-state index in [4.69, 9.17) is 0 Å². The number of halogens is 5. The van der Waals surface area contributed by atoms with Gasteiger partial charge in [-0.3, -0.25) is 4.79 Å². The number of nitrogens with one attached hydrogen (secondary N) is 3. The number of amides is 3. The SMILES string of the molecule is CC1=C(C(=O)Nc2ccccc2C(F)(F)F)C(c2c(F)cccc2F)NC(=O)N1. The second-order valence-electron chi connectivity index (χ2n) is 6.20. The van der Waals surface area contributed by atoms with Crippen LogP contribution in [0.15, 0.2) is 53.7 Å². The predicted octanol–water partition coefficient (Wildman–Crippen LogP) is 4.25. The van der Waals surface area contributed by atoms with Crippen molar-refractivity contribution in [2.24, 2.45) is 0 Å². The lowest BCUT2D eigenvalue weighted by Gasteiger charge is -2.29. The van der Waals surface area contributed by atoms with Crippen molar-refractivity contribution in [3.05, 3.63) is 76.5 Å². The van der Waals surface area contributed by atoms with Gasteiger partial charge in [0, 0.05) is 5.70 Å². The summed E-state index contributed by atoms with van der Waals surface area (Å²) in [5.41, 5.74) is -2.60.